The zero-order valence-corrected chi connectivity index (χ0v) is 23.6. The third-order valence-corrected chi connectivity index (χ3v) is 9.87. The van der Waals surface area contributed by atoms with Crippen LogP contribution < -0.4 is 0 Å². The monoisotopic (exact) mass is 486 g/mol. The molecule has 0 radical (unpaired) electrons. The summed E-state index contributed by atoms with van der Waals surface area (Å²) in [6, 6.07) is 11.1. The Morgan fingerprint density at radius 2 is 1.36 bits per heavy atom. The Hall–Kier alpha value is -1.56. The van der Waals surface area contributed by atoms with Gasteiger partial charge in [0.2, 0.25) is 0 Å². The van der Waals surface area contributed by atoms with E-state index in [4.69, 9.17) is 0 Å². The van der Waals surface area contributed by atoms with Crippen molar-refractivity contribution in [2.45, 2.75) is 129 Å². The molecular formula is C36H54. The van der Waals surface area contributed by atoms with Crippen molar-refractivity contribution in [3.63, 3.8) is 0 Å². The lowest BCUT2D eigenvalue weighted by atomic mass is 9.59. The van der Waals surface area contributed by atoms with Gasteiger partial charge in [-0.05, 0) is 55.4 Å². The first kappa shape index (κ1) is 27.5. The summed E-state index contributed by atoms with van der Waals surface area (Å²) < 4.78 is 0. The van der Waals surface area contributed by atoms with E-state index in [1.807, 2.05) is 0 Å². The van der Waals surface area contributed by atoms with E-state index in [0.717, 1.165) is 17.8 Å². The molecule has 0 heterocycles. The van der Waals surface area contributed by atoms with Crippen molar-refractivity contribution < 1.29 is 0 Å². The van der Waals surface area contributed by atoms with Gasteiger partial charge >= 0.3 is 0 Å². The molecule has 3 aliphatic rings. The van der Waals surface area contributed by atoms with Crippen molar-refractivity contribution in [1.82, 2.24) is 0 Å². The van der Waals surface area contributed by atoms with Crippen molar-refractivity contribution in [3.8, 4) is 0 Å². The molecule has 3 aliphatic carbocycles. The molecule has 0 saturated heterocycles. The minimum Gasteiger partial charge on any atom is -0.0839 e. The van der Waals surface area contributed by atoms with Gasteiger partial charge in [-0.1, -0.05) is 157 Å². The molecule has 0 N–H and O–H groups in total. The number of benzene rings is 1. The van der Waals surface area contributed by atoms with Crippen LogP contribution in [-0.2, 0) is 0 Å². The van der Waals surface area contributed by atoms with Gasteiger partial charge in [0.25, 0.3) is 0 Å². The van der Waals surface area contributed by atoms with E-state index in [-0.39, 0.29) is 5.41 Å². The van der Waals surface area contributed by atoms with Crippen molar-refractivity contribution in [2.75, 3.05) is 0 Å². The number of unbranched alkanes of at least 4 members (excludes halogenated alkanes) is 6. The summed E-state index contributed by atoms with van der Waals surface area (Å²) in [5.74, 6) is 3.13. The van der Waals surface area contributed by atoms with Gasteiger partial charge < -0.3 is 0 Å². The van der Waals surface area contributed by atoms with Crippen LogP contribution in [0.1, 0.15) is 134 Å². The maximum absolute atomic E-state index is 2.71. The lowest BCUT2D eigenvalue weighted by molar-refractivity contribution is 0.190. The van der Waals surface area contributed by atoms with Crippen LogP contribution in [0.5, 0.6) is 0 Å². The van der Waals surface area contributed by atoms with Crippen molar-refractivity contribution in [3.05, 3.63) is 71.8 Å². The molecule has 0 spiro atoms. The second-order valence-corrected chi connectivity index (χ2v) is 12.4. The maximum Gasteiger partial charge on any atom is 0.0300 e. The predicted octanol–water partition coefficient (Wildman–Crippen LogP) is 11.4. The molecule has 0 aliphatic heterocycles. The van der Waals surface area contributed by atoms with Gasteiger partial charge in [-0.15, -0.1) is 0 Å². The molecule has 1 aromatic rings. The van der Waals surface area contributed by atoms with Crippen LogP contribution in [0.2, 0.25) is 0 Å². The first-order valence-corrected chi connectivity index (χ1v) is 15.9. The third kappa shape index (κ3) is 7.26. The Bertz CT molecular complexity index is 818. The van der Waals surface area contributed by atoms with E-state index in [2.05, 4.69) is 74.6 Å². The second-order valence-electron chi connectivity index (χ2n) is 12.4. The number of allylic oxidation sites excluding steroid dienone is 6. The zero-order valence-electron chi connectivity index (χ0n) is 23.6. The van der Waals surface area contributed by atoms with Gasteiger partial charge in [-0.2, -0.15) is 0 Å². The summed E-state index contributed by atoms with van der Waals surface area (Å²) >= 11 is 0. The molecule has 1 fully saturated rings. The normalized spacial score (nSPS) is 30.3. The minimum absolute atomic E-state index is 0.187. The largest absolute Gasteiger partial charge is 0.0839 e. The average molecular weight is 487 g/mol. The highest BCUT2D eigenvalue weighted by atomic mass is 14.5. The van der Waals surface area contributed by atoms with Gasteiger partial charge in [-0.3, -0.25) is 0 Å². The summed E-state index contributed by atoms with van der Waals surface area (Å²) in [6.45, 7) is 4.66. The molecule has 0 amide bonds. The number of rotatable bonds is 13. The molecule has 36 heavy (non-hydrogen) atoms. The number of hydrogen-bond donors (Lipinski definition) is 0. The van der Waals surface area contributed by atoms with E-state index < -0.39 is 0 Å². The zero-order chi connectivity index (χ0) is 25.1. The van der Waals surface area contributed by atoms with Crippen LogP contribution in [0.25, 0.3) is 0 Å². The van der Waals surface area contributed by atoms with Gasteiger partial charge in [0.05, 0.1) is 0 Å². The highest BCUT2D eigenvalue weighted by Crippen LogP contribution is 2.53. The average Bonchev–Trinajstić information content (AvgIpc) is 2.95. The van der Waals surface area contributed by atoms with Crippen molar-refractivity contribution in [1.29, 1.82) is 0 Å². The molecule has 0 heteroatoms. The van der Waals surface area contributed by atoms with Gasteiger partial charge in [0.15, 0.2) is 0 Å². The Balaban J connectivity index is 1.41. The highest BCUT2D eigenvalue weighted by Gasteiger charge is 2.41. The third-order valence-electron chi connectivity index (χ3n) is 9.87. The molecular weight excluding hydrogens is 432 g/mol. The Kier molecular flexibility index (Phi) is 11.0. The maximum atomic E-state index is 2.71. The lowest BCUT2D eigenvalue weighted by Gasteiger charge is -2.45. The molecule has 198 valence electrons. The van der Waals surface area contributed by atoms with Crippen LogP contribution in [0.3, 0.4) is 0 Å². The minimum atomic E-state index is 0.187. The summed E-state index contributed by atoms with van der Waals surface area (Å²) in [5.41, 5.74) is 3.38. The van der Waals surface area contributed by atoms with Crippen LogP contribution in [-0.4, -0.2) is 0 Å². The molecule has 1 unspecified atom stereocenters. The summed E-state index contributed by atoms with van der Waals surface area (Å²) in [7, 11) is 0. The van der Waals surface area contributed by atoms with Crippen LogP contribution in [0.4, 0.5) is 0 Å². The summed E-state index contributed by atoms with van der Waals surface area (Å²) in [5, 5.41) is 0. The molecule has 4 rings (SSSR count). The fourth-order valence-corrected chi connectivity index (χ4v) is 7.47. The topological polar surface area (TPSA) is 0 Å². The van der Waals surface area contributed by atoms with E-state index in [9.17, 15) is 0 Å². The molecule has 1 atom stereocenters. The fraction of sp³-hybridized carbons (Fsp3) is 0.667. The lowest BCUT2D eigenvalue weighted by Crippen LogP contribution is -2.34. The van der Waals surface area contributed by atoms with Crippen LogP contribution in [0, 0.1) is 23.2 Å². The van der Waals surface area contributed by atoms with E-state index in [1.165, 1.54) is 115 Å². The number of hydrogen-bond acceptors (Lipinski definition) is 0. The van der Waals surface area contributed by atoms with E-state index in [0.29, 0.717) is 5.92 Å². The summed E-state index contributed by atoms with van der Waals surface area (Å²) in [4.78, 5) is 0. The van der Waals surface area contributed by atoms with Gasteiger partial charge in [0, 0.05) is 11.3 Å². The van der Waals surface area contributed by atoms with E-state index >= 15 is 0 Å². The SMILES string of the molecule is CCCCCCCCC1CC=C(C2(C3CCC(CCCC)CC3)C=CC(c3ccccc3)C=C2)CC1. The Labute approximate surface area is 223 Å². The summed E-state index contributed by atoms with van der Waals surface area (Å²) in [6.07, 6.45) is 37.2. The molecule has 1 saturated carbocycles. The van der Waals surface area contributed by atoms with E-state index in [1.54, 1.807) is 5.57 Å². The molecule has 0 bridgehead atoms. The Morgan fingerprint density at radius 3 is 2.03 bits per heavy atom. The molecule has 0 aromatic heterocycles. The first-order valence-electron chi connectivity index (χ1n) is 15.9. The molecule has 0 nitrogen and oxygen atoms in total. The van der Waals surface area contributed by atoms with Crippen molar-refractivity contribution >= 4 is 0 Å². The fourth-order valence-electron chi connectivity index (χ4n) is 7.47. The quantitative estimate of drug-likeness (QED) is 0.192. The standard InChI is InChI=1S/C36H54/c1-3-5-7-8-9-11-15-31-20-24-35(25-21-31)36(34-22-18-30(19-23-34)14-6-4-2)28-26-33(27-29-36)32-16-12-10-13-17-32/h10,12-13,16-17,24,26-31,33-34H,3-9,11,14-15,18-23,25H2,1-2H3. The van der Waals surface area contributed by atoms with Gasteiger partial charge in [-0.25, -0.2) is 0 Å². The smallest absolute Gasteiger partial charge is 0.0300 e. The van der Waals surface area contributed by atoms with Crippen LogP contribution >= 0.6 is 0 Å². The Morgan fingerprint density at radius 1 is 0.694 bits per heavy atom. The second kappa shape index (κ2) is 14.4. The first-order chi connectivity index (χ1) is 17.7. The van der Waals surface area contributed by atoms with Crippen LogP contribution in [0.15, 0.2) is 66.3 Å². The molecule has 1 aromatic carbocycles. The predicted molar refractivity (Wildman–Crippen MR) is 158 cm³/mol. The van der Waals surface area contributed by atoms with Gasteiger partial charge in [0.1, 0.15) is 0 Å². The highest BCUT2D eigenvalue weighted by molar-refractivity contribution is 5.41. The van der Waals surface area contributed by atoms with Crippen molar-refractivity contribution in [2.24, 2.45) is 23.2 Å².